The number of nitrogens with one attached hydrogen (secondary N) is 1. The summed E-state index contributed by atoms with van der Waals surface area (Å²) < 4.78 is 6.95. The van der Waals surface area contributed by atoms with E-state index in [1.807, 2.05) is 6.92 Å². The van der Waals surface area contributed by atoms with Crippen molar-refractivity contribution in [3.63, 3.8) is 0 Å². The Hall–Kier alpha value is 0.0800. The van der Waals surface area contributed by atoms with Crippen molar-refractivity contribution in [1.82, 2.24) is 5.32 Å². The molecule has 0 bridgehead atoms. The van der Waals surface area contributed by atoms with Crippen LogP contribution in [0.25, 0.3) is 0 Å². The summed E-state index contributed by atoms with van der Waals surface area (Å²) in [5.41, 5.74) is 0. The molecule has 19 heavy (non-hydrogen) atoms. The molecule has 0 unspecified atom stereocenters. The van der Waals surface area contributed by atoms with E-state index in [0.29, 0.717) is 15.8 Å². The number of carbonyl (C=O) groups is 2. The lowest BCUT2D eigenvalue weighted by Gasteiger charge is -2.15. The Kier molecular flexibility index (Phi) is 6.99. The molecule has 0 aliphatic carbocycles. The molecule has 1 atom stereocenters. The minimum Gasteiger partial charge on any atom is -0.467 e. The van der Waals surface area contributed by atoms with Gasteiger partial charge < -0.3 is 10.1 Å². The first kappa shape index (κ1) is 17.1. The molecule has 0 aliphatic rings. The zero-order valence-electron chi connectivity index (χ0n) is 10.3. The molecule has 0 saturated heterocycles. The molecule has 0 fully saturated rings. The van der Waals surface area contributed by atoms with Crippen molar-refractivity contribution in [2.24, 2.45) is 0 Å². The molecule has 0 radical (unpaired) electrons. The highest BCUT2D eigenvalue weighted by atomic mass is 79.9. The molecule has 8 heteroatoms. The molecular formula is C11H12Br3NO3S. The van der Waals surface area contributed by atoms with Crippen LogP contribution in [0.15, 0.2) is 12.7 Å². The van der Waals surface area contributed by atoms with Crippen molar-refractivity contribution in [3.8, 4) is 0 Å². The number of rotatable bonds is 5. The normalized spacial score (nSPS) is 12.1. The smallest absolute Gasteiger partial charge is 0.328 e. The van der Waals surface area contributed by atoms with Gasteiger partial charge in [-0.2, -0.15) is 0 Å². The first-order valence-electron chi connectivity index (χ1n) is 5.44. The van der Waals surface area contributed by atoms with Crippen LogP contribution in [0, 0.1) is 0 Å². The zero-order valence-corrected chi connectivity index (χ0v) is 15.8. The molecule has 1 N–H and O–H groups in total. The van der Waals surface area contributed by atoms with Crippen LogP contribution in [0.5, 0.6) is 0 Å². The summed E-state index contributed by atoms with van der Waals surface area (Å²) in [4.78, 5) is 24.2. The van der Waals surface area contributed by atoms with E-state index in [4.69, 9.17) is 0 Å². The topological polar surface area (TPSA) is 55.4 Å². The highest BCUT2D eigenvalue weighted by molar-refractivity contribution is 9.14. The van der Waals surface area contributed by atoms with Gasteiger partial charge in [-0.15, -0.1) is 11.3 Å². The van der Waals surface area contributed by atoms with Crippen LogP contribution in [0.2, 0.25) is 0 Å². The van der Waals surface area contributed by atoms with Crippen LogP contribution < -0.4 is 5.32 Å². The molecule has 1 rings (SSSR count). The van der Waals surface area contributed by atoms with Crippen LogP contribution >= 0.6 is 59.1 Å². The molecule has 0 spiro atoms. The van der Waals surface area contributed by atoms with Crippen molar-refractivity contribution in [2.45, 2.75) is 25.8 Å². The Morgan fingerprint density at radius 2 is 1.95 bits per heavy atom. The maximum absolute atomic E-state index is 12.2. The lowest BCUT2D eigenvalue weighted by molar-refractivity contribution is -0.143. The largest absolute Gasteiger partial charge is 0.467 e. The summed E-state index contributed by atoms with van der Waals surface area (Å²) in [6, 6.07) is -0.617. The fraction of sp³-hybridized carbons (Fsp3) is 0.455. The zero-order chi connectivity index (χ0) is 14.6. The molecule has 0 aromatic carbocycles. The third kappa shape index (κ3) is 4.27. The minimum atomic E-state index is -0.617. The van der Waals surface area contributed by atoms with Gasteiger partial charge in [0, 0.05) is 0 Å². The van der Waals surface area contributed by atoms with Crippen molar-refractivity contribution in [3.05, 3.63) is 17.6 Å². The first-order chi connectivity index (χ1) is 8.92. The van der Waals surface area contributed by atoms with Gasteiger partial charge in [-0.25, -0.2) is 4.79 Å². The lowest BCUT2D eigenvalue weighted by atomic mass is 10.1. The maximum Gasteiger partial charge on any atom is 0.328 e. The van der Waals surface area contributed by atoms with Gasteiger partial charge in [0.05, 0.1) is 19.8 Å². The quantitative estimate of drug-likeness (QED) is 0.649. The van der Waals surface area contributed by atoms with Crippen molar-refractivity contribution in [2.75, 3.05) is 7.11 Å². The monoisotopic (exact) mass is 475 g/mol. The minimum absolute atomic E-state index is 0.299. The summed E-state index contributed by atoms with van der Waals surface area (Å²) in [7, 11) is 1.31. The number of esters is 1. The Labute approximate surface area is 140 Å². The van der Waals surface area contributed by atoms with Gasteiger partial charge in [0.1, 0.15) is 10.9 Å². The Morgan fingerprint density at radius 3 is 2.37 bits per heavy atom. The summed E-state index contributed by atoms with van der Waals surface area (Å²) in [5, 5.41) is 2.69. The number of hydrogen-bond donors (Lipinski definition) is 1. The summed E-state index contributed by atoms with van der Waals surface area (Å²) in [5.74, 6) is -0.729. The van der Waals surface area contributed by atoms with Crippen LogP contribution in [0.3, 0.4) is 0 Å². The molecule has 1 amide bonds. The van der Waals surface area contributed by atoms with E-state index in [-0.39, 0.29) is 5.91 Å². The molecular weight excluding hydrogens is 466 g/mol. The number of hydrogen-bond acceptors (Lipinski definition) is 4. The third-order valence-corrected chi connectivity index (χ3v) is 7.37. The number of thiophene rings is 1. The van der Waals surface area contributed by atoms with Gasteiger partial charge in [0.25, 0.3) is 5.91 Å². The molecule has 4 nitrogen and oxygen atoms in total. The Bertz CT molecular complexity index is 490. The van der Waals surface area contributed by atoms with Gasteiger partial charge in [0.2, 0.25) is 0 Å². The molecule has 106 valence electrons. The fourth-order valence-corrected chi connectivity index (χ4v) is 4.40. The molecule has 0 saturated carbocycles. The molecule has 1 aromatic rings. The van der Waals surface area contributed by atoms with Gasteiger partial charge in [0.15, 0.2) is 0 Å². The van der Waals surface area contributed by atoms with E-state index in [0.717, 1.165) is 14.7 Å². The predicted molar refractivity (Wildman–Crippen MR) is 85.6 cm³/mol. The van der Waals surface area contributed by atoms with Crippen LogP contribution in [-0.4, -0.2) is 25.0 Å². The van der Waals surface area contributed by atoms with E-state index in [1.165, 1.54) is 18.4 Å². The second-order valence-corrected chi connectivity index (χ2v) is 7.60. The second kappa shape index (κ2) is 7.75. The number of amides is 1. The highest BCUT2D eigenvalue weighted by Gasteiger charge is 2.25. The van der Waals surface area contributed by atoms with E-state index in [1.54, 1.807) is 0 Å². The van der Waals surface area contributed by atoms with E-state index < -0.39 is 12.0 Å². The van der Waals surface area contributed by atoms with Crippen LogP contribution in [0.1, 0.15) is 29.4 Å². The van der Waals surface area contributed by atoms with Gasteiger partial charge >= 0.3 is 5.97 Å². The first-order valence-corrected chi connectivity index (χ1v) is 8.63. The van der Waals surface area contributed by atoms with Crippen molar-refractivity contribution >= 4 is 71.0 Å². The van der Waals surface area contributed by atoms with Crippen LogP contribution in [0.4, 0.5) is 0 Å². The Morgan fingerprint density at radius 1 is 1.32 bits per heavy atom. The Balaban J connectivity index is 2.87. The lowest BCUT2D eigenvalue weighted by Crippen LogP contribution is -2.41. The number of halogens is 3. The summed E-state index contributed by atoms with van der Waals surface area (Å²) in [6.07, 6.45) is 1.32. The van der Waals surface area contributed by atoms with Crippen molar-refractivity contribution < 1.29 is 14.3 Å². The van der Waals surface area contributed by atoms with E-state index in [9.17, 15) is 9.59 Å². The SMILES string of the molecule is CCC[C@H](NC(=O)c1sc(Br)c(Br)c1Br)C(=O)OC. The average Bonchev–Trinajstić information content (AvgIpc) is 2.65. The predicted octanol–water partition coefficient (Wildman–Crippen LogP) is 4.11. The summed E-state index contributed by atoms with van der Waals surface area (Å²) in [6.45, 7) is 1.94. The third-order valence-electron chi connectivity index (χ3n) is 2.33. The maximum atomic E-state index is 12.2. The number of methoxy groups -OCH3 is 1. The molecule has 1 heterocycles. The van der Waals surface area contributed by atoms with Crippen molar-refractivity contribution in [1.29, 1.82) is 0 Å². The van der Waals surface area contributed by atoms with Gasteiger partial charge in [-0.1, -0.05) is 13.3 Å². The van der Waals surface area contributed by atoms with Gasteiger partial charge in [-0.05, 0) is 54.2 Å². The number of ether oxygens (including phenoxy) is 1. The highest BCUT2D eigenvalue weighted by Crippen LogP contribution is 2.40. The molecule has 0 aliphatic heterocycles. The fourth-order valence-electron chi connectivity index (χ4n) is 1.41. The van der Waals surface area contributed by atoms with E-state index in [2.05, 4.69) is 57.8 Å². The van der Waals surface area contributed by atoms with E-state index >= 15 is 0 Å². The standard InChI is InChI=1S/C11H12Br3NO3S/c1-3-4-5(11(17)18-2)15-10(16)8-6(12)7(13)9(14)19-8/h5H,3-4H2,1-2H3,(H,15,16)/t5-/m0/s1. The summed E-state index contributed by atoms with van der Waals surface area (Å²) >= 11 is 11.3. The van der Waals surface area contributed by atoms with Gasteiger partial charge in [-0.3, -0.25) is 4.79 Å². The average molecular weight is 478 g/mol. The second-order valence-electron chi connectivity index (χ2n) is 3.67. The number of carbonyl (C=O) groups excluding carboxylic acids is 2. The van der Waals surface area contributed by atoms with Crippen LogP contribution in [-0.2, 0) is 9.53 Å². The molecule has 1 aromatic heterocycles.